The van der Waals surface area contributed by atoms with Crippen molar-refractivity contribution in [2.24, 2.45) is 17.3 Å². The minimum Gasteiger partial charge on any atom is -0.468 e. The highest BCUT2D eigenvalue weighted by Gasteiger charge is 2.47. The van der Waals surface area contributed by atoms with E-state index in [2.05, 4.69) is 11.8 Å². The second-order valence-corrected chi connectivity index (χ2v) is 5.39. The van der Waals surface area contributed by atoms with Gasteiger partial charge in [-0.25, -0.2) is 0 Å². The van der Waals surface area contributed by atoms with Crippen molar-refractivity contribution in [1.29, 1.82) is 0 Å². The van der Waals surface area contributed by atoms with Crippen LogP contribution in [0.5, 0.6) is 0 Å². The van der Waals surface area contributed by atoms with Gasteiger partial charge in [0, 0.05) is 6.42 Å². The largest absolute Gasteiger partial charge is 0.468 e. The molecule has 1 aliphatic carbocycles. The molecule has 5 nitrogen and oxygen atoms in total. The van der Waals surface area contributed by atoms with Gasteiger partial charge in [0.05, 0.1) is 14.2 Å². The molecule has 0 aromatic heterocycles. The molecule has 0 saturated heterocycles. The summed E-state index contributed by atoms with van der Waals surface area (Å²) in [7, 11) is 2.48. The summed E-state index contributed by atoms with van der Waals surface area (Å²) in [5.41, 5.74) is -1.44. The molecule has 0 heterocycles. The number of ether oxygens (including phenoxy) is 2. The molecule has 0 aromatic rings. The quantitative estimate of drug-likeness (QED) is 0.171. The van der Waals surface area contributed by atoms with E-state index >= 15 is 0 Å². The fraction of sp³-hybridized carbons (Fsp3) is 0.500. The standard InChI is InChI=1S/C18H22O5/c1-4-5-10-18(16(20)22-2,17(21)23-3)11-6-8-14-13-15(14)9-7-12-19/h6-9,12,14-15H,10-11,13H2,1-3H3/b8-6+,9-7+/t14-,15-/m1/s1. The molecule has 0 aromatic carbocycles. The number of esters is 2. The Balaban J connectivity index is 2.85. The van der Waals surface area contributed by atoms with Gasteiger partial charge in [0.25, 0.3) is 0 Å². The van der Waals surface area contributed by atoms with Gasteiger partial charge in [-0.05, 0) is 37.7 Å². The van der Waals surface area contributed by atoms with Crippen LogP contribution in [0.1, 0.15) is 26.2 Å². The van der Waals surface area contributed by atoms with E-state index < -0.39 is 17.4 Å². The minimum absolute atomic E-state index is 0.0479. The second kappa shape index (κ2) is 8.94. The van der Waals surface area contributed by atoms with E-state index in [1.165, 1.54) is 20.3 Å². The third kappa shape index (κ3) is 4.82. The Morgan fingerprint density at radius 2 is 1.78 bits per heavy atom. The Morgan fingerprint density at radius 1 is 1.17 bits per heavy atom. The van der Waals surface area contributed by atoms with Gasteiger partial charge in [-0.15, -0.1) is 11.8 Å². The molecule has 0 unspecified atom stereocenters. The van der Waals surface area contributed by atoms with E-state index in [0.717, 1.165) is 12.7 Å². The maximum Gasteiger partial charge on any atom is 0.324 e. The number of carbonyl (C=O) groups is 3. The summed E-state index contributed by atoms with van der Waals surface area (Å²) < 4.78 is 9.58. The van der Waals surface area contributed by atoms with Crippen LogP contribution in [-0.4, -0.2) is 32.4 Å². The van der Waals surface area contributed by atoms with Crippen molar-refractivity contribution >= 4 is 18.2 Å². The van der Waals surface area contributed by atoms with Crippen molar-refractivity contribution in [2.45, 2.75) is 26.2 Å². The van der Waals surface area contributed by atoms with Crippen molar-refractivity contribution < 1.29 is 23.9 Å². The fourth-order valence-electron chi connectivity index (χ4n) is 2.41. The molecule has 0 bridgehead atoms. The average Bonchev–Trinajstić information content (AvgIpc) is 3.32. The van der Waals surface area contributed by atoms with Crippen molar-refractivity contribution in [3.8, 4) is 11.8 Å². The Morgan fingerprint density at radius 3 is 2.30 bits per heavy atom. The van der Waals surface area contributed by atoms with Crippen LogP contribution in [0.15, 0.2) is 24.3 Å². The summed E-state index contributed by atoms with van der Waals surface area (Å²) in [6.45, 7) is 1.64. The number of hydrogen-bond donors (Lipinski definition) is 0. The summed E-state index contributed by atoms with van der Waals surface area (Å²) in [5, 5.41) is 0. The number of rotatable bonds is 8. The first-order valence-corrected chi connectivity index (χ1v) is 7.40. The molecule has 1 fully saturated rings. The number of carbonyl (C=O) groups excluding carboxylic acids is 3. The van der Waals surface area contributed by atoms with Crippen molar-refractivity contribution in [3.63, 3.8) is 0 Å². The van der Waals surface area contributed by atoms with Gasteiger partial charge in [0.2, 0.25) is 0 Å². The topological polar surface area (TPSA) is 69.7 Å². The molecule has 1 aliphatic rings. The maximum absolute atomic E-state index is 12.2. The SMILES string of the molecule is CC#CCC(C/C=C/[C@@H]1C[C@H]1/C=C/C=O)(C(=O)OC)C(=O)OC. The first kappa shape index (κ1) is 18.7. The van der Waals surface area contributed by atoms with Crippen molar-refractivity contribution in [1.82, 2.24) is 0 Å². The Labute approximate surface area is 136 Å². The predicted molar refractivity (Wildman–Crippen MR) is 85.1 cm³/mol. The molecule has 0 radical (unpaired) electrons. The highest BCUT2D eigenvalue weighted by molar-refractivity contribution is 6.00. The highest BCUT2D eigenvalue weighted by atomic mass is 16.5. The van der Waals surface area contributed by atoms with E-state index in [9.17, 15) is 14.4 Å². The zero-order valence-corrected chi connectivity index (χ0v) is 13.7. The molecule has 1 rings (SSSR count). The van der Waals surface area contributed by atoms with Gasteiger partial charge < -0.3 is 9.47 Å². The van der Waals surface area contributed by atoms with Crippen LogP contribution in [0.2, 0.25) is 0 Å². The van der Waals surface area contributed by atoms with Crippen LogP contribution >= 0.6 is 0 Å². The summed E-state index contributed by atoms with van der Waals surface area (Å²) >= 11 is 0. The molecule has 0 amide bonds. The minimum atomic E-state index is -1.44. The molecule has 5 heteroatoms. The number of methoxy groups -OCH3 is 2. The van der Waals surface area contributed by atoms with E-state index in [4.69, 9.17) is 9.47 Å². The molecule has 124 valence electrons. The van der Waals surface area contributed by atoms with Gasteiger partial charge >= 0.3 is 11.9 Å². The Kier molecular flexibility index (Phi) is 7.27. The van der Waals surface area contributed by atoms with Gasteiger partial charge in [-0.3, -0.25) is 14.4 Å². The summed E-state index contributed by atoms with van der Waals surface area (Å²) in [6.07, 6.45) is 9.03. The number of hydrogen-bond acceptors (Lipinski definition) is 5. The third-order valence-corrected chi connectivity index (χ3v) is 3.90. The molecule has 1 saturated carbocycles. The summed E-state index contributed by atoms with van der Waals surface area (Å²) in [5.74, 6) is 4.84. The van der Waals surface area contributed by atoms with Crippen LogP contribution in [0.25, 0.3) is 0 Å². The van der Waals surface area contributed by atoms with Crippen LogP contribution in [-0.2, 0) is 23.9 Å². The van der Waals surface area contributed by atoms with E-state index in [-0.39, 0.29) is 12.8 Å². The molecule has 23 heavy (non-hydrogen) atoms. The molecule has 0 aliphatic heterocycles. The van der Waals surface area contributed by atoms with Crippen LogP contribution < -0.4 is 0 Å². The van der Waals surface area contributed by atoms with Crippen LogP contribution in [0.3, 0.4) is 0 Å². The summed E-state index contributed by atoms with van der Waals surface area (Å²) in [4.78, 5) is 34.6. The molecular formula is C18H22O5. The van der Waals surface area contributed by atoms with Gasteiger partial charge in [0.1, 0.15) is 6.29 Å². The van der Waals surface area contributed by atoms with Gasteiger partial charge in [-0.1, -0.05) is 18.2 Å². The zero-order valence-electron chi connectivity index (χ0n) is 13.7. The lowest BCUT2D eigenvalue weighted by Gasteiger charge is -2.24. The first-order chi connectivity index (χ1) is 11.1. The molecular weight excluding hydrogens is 296 g/mol. The van der Waals surface area contributed by atoms with E-state index in [0.29, 0.717) is 11.8 Å². The predicted octanol–water partition coefficient (Wildman–Crippen LogP) is 2.07. The molecule has 0 spiro atoms. The van der Waals surface area contributed by atoms with E-state index in [1.807, 2.05) is 12.2 Å². The zero-order chi connectivity index (χ0) is 17.3. The second-order valence-electron chi connectivity index (χ2n) is 5.39. The summed E-state index contributed by atoms with van der Waals surface area (Å²) in [6, 6.07) is 0. The van der Waals surface area contributed by atoms with E-state index in [1.54, 1.807) is 13.0 Å². The lowest BCUT2D eigenvalue weighted by molar-refractivity contribution is -0.168. The first-order valence-electron chi connectivity index (χ1n) is 7.40. The van der Waals surface area contributed by atoms with Gasteiger partial charge in [-0.2, -0.15) is 0 Å². The van der Waals surface area contributed by atoms with Crippen molar-refractivity contribution in [2.75, 3.05) is 14.2 Å². The molecule has 2 atom stereocenters. The lowest BCUT2D eigenvalue weighted by Crippen LogP contribution is -2.40. The monoisotopic (exact) mass is 318 g/mol. The fourth-order valence-corrected chi connectivity index (χ4v) is 2.41. The number of allylic oxidation sites excluding steroid dienone is 4. The molecule has 0 N–H and O–H groups in total. The smallest absolute Gasteiger partial charge is 0.324 e. The third-order valence-electron chi connectivity index (χ3n) is 3.90. The normalized spacial score (nSPS) is 20.0. The average molecular weight is 318 g/mol. The lowest BCUT2D eigenvalue weighted by atomic mass is 9.81. The van der Waals surface area contributed by atoms with Crippen LogP contribution in [0, 0.1) is 29.1 Å². The Bertz CT molecular complexity index is 546. The number of aldehydes is 1. The maximum atomic E-state index is 12.2. The van der Waals surface area contributed by atoms with Crippen LogP contribution in [0.4, 0.5) is 0 Å². The highest BCUT2D eigenvalue weighted by Crippen LogP contribution is 2.41. The Hall–Kier alpha value is -2.35. The van der Waals surface area contributed by atoms with Gasteiger partial charge in [0.15, 0.2) is 5.41 Å². The van der Waals surface area contributed by atoms with Crippen molar-refractivity contribution in [3.05, 3.63) is 24.3 Å².